The van der Waals surface area contributed by atoms with Gasteiger partial charge < -0.3 is 9.63 Å². The summed E-state index contributed by atoms with van der Waals surface area (Å²) in [6, 6.07) is 5.45. The molecule has 0 saturated heterocycles. The van der Waals surface area contributed by atoms with E-state index in [-0.39, 0.29) is 0 Å². The molecule has 6 heteroatoms. The molecule has 1 N–H and O–H groups in total. The molecule has 21 heavy (non-hydrogen) atoms. The molecule has 1 fully saturated rings. The summed E-state index contributed by atoms with van der Waals surface area (Å²) >= 11 is 0. The molecule has 2 heterocycles. The average Bonchev–Trinajstić information content (AvgIpc) is 2.97. The van der Waals surface area contributed by atoms with E-state index in [9.17, 15) is 9.90 Å². The predicted octanol–water partition coefficient (Wildman–Crippen LogP) is 2.71. The van der Waals surface area contributed by atoms with Crippen LogP contribution in [0.3, 0.4) is 0 Å². The second-order valence-corrected chi connectivity index (χ2v) is 5.55. The topological polar surface area (TPSA) is 89.1 Å². The monoisotopic (exact) mass is 287 g/mol. The van der Waals surface area contributed by atoms with Crippen molar-refractivity contribution < 1.29 is 14.4 Å². The van der Waals surface area contributed by atoms with Crippen molar-refractivity contribution >= 4 is 5.97 Å². The zero-order valence-electron chi connectivity index (χ0n) is 11.7. The number of carboxylic acid groups (broad SMARTS) is 1. The van der Waals surface area contributed by atoms with Gasteiger partial charge in [0.1, 0.15) is 5.69 Å². The summed E-state index contributed by atoms with van der Waals surface area (Å²) in [5.74, 6) is 0.0155. The quantitative estimate of drug-likeness (QED) is 0.930. The van der Waals surface area contributed by atoms with Crippen molar-refractivity contribution in [2.24, 2.45) is 5.41 Å². The molecule has 0 aliphatic heterocycles. The highest BCUT2D eigenvalue weighted by Gasteiger charge is 2.41. The first-order chi connectivity index (χ1) is 10.2. The summed E-state index contributed by atoms with van der Waals surface area (Å²) in [5.41, 5.74) is -0.132. The fourth-order valence-corrected chi connectivity index (χ4v) is 2.91. The molecule has 2 aromatic rings. The van der Waals surface area contributed by atoms with E-state index in [4.69, 9.17) is 4.52 Å². The van der Waals surface area contributed by atoms with Crippen LogP contribution in [0.4, 0.5) is 0 Å². The Bertz CT molecular complexity index is 618. The maximum atomic E-state index is 11.7. The third-order valence-corrected chi connectivity index (χ3v) is 4.12. The van der Waals surface area contributed by atoms with Gasteiger partial charge in [-0.1, -0.05) is 30.5 Å². The van der Waals surface area contributed by atoms with E-state index >= 15 is 0 Å². The van der Waals surface area contributed by atoms with Crippen molar-refractivity contribution in [3.05, 3.63) is 30.3 Å². The van der Waals surface area contributed by atoms with Gasteiger partial charge in [-0.2, -0.15) is 4.98 Å². The second kappa shape index (κ2) is 5.63. The summed E-state index contributed by atoms with van der Waals surface area (Å²) in [6.07, 6.45) is 6.26. The molecule has 0 amide bonds. The number of hydrogen-bond donors (Lipinski definition) is 1. The van der Waals surface area contributed by atoms with E-state index < -0.39 is 11.4 Å². The molecule has 110 valence electrons. The Morgan fingerprint density at radius 3 is 2.76 bits per heavy atom. The summed E-state index contributed by atoms with van der Waals surface area (Å²) in [6.45, 7) is 0. The van der Waals surface area contributed by atoms with Gasteiger partial charge in [-0.25, -0.2) is 0 Å². The SMILES string of the molecule is O=C(O)C1(Cc2nc(-c3ccccn3)no2)CCCCC1. The van der Waals surface area contributed by atoms with Crippen LogP contribution in [0.5, 0.6) is 0 Å². The number of pyridine rings is 1. The van der Waals surface area contributed by atoms with Crippen LogP contribution in [-0.2, 0) is 11.2 Å². The van der Waals surface area contributed by atoms with Gasteiger partial charge in [0.15, 0.2) is 0 Å². The Morgan fingerprint density at radius 2 is 2.10 bits per heavy atom. The lowest BCUT2D eigenvalue weighted by Crippen LogP contribution is -2.35. The first-order valence-electron chi connectivity index (χ1n) is 7.17. The first kappa shape index (κ1) is 13.7. The largest absolute Gasteiger partial charge is 0.481 e. The van der Waals surface area contributed by atoms with Crippen LogP contribution < -0.4 is 0 Å². The van der Waals surface area contributed by atoms with Gasteiger partial charge in [0.2, 0.25) is 11.7 Å². The number of aromatic nitrogens is 3. The first-order valence-corrected chi connectivity index (χ1v) is 7.17. The standard InChI is InChI=1S/C15H17N3O3/c19-14(20)15(7-3-1-4-8-15)10-12-17-13(18-21-12)11-6-2-5-9-16-11/h2,5-6,9H,1,3-4,7-8,10H2,(H,19,20). The van der Waals surface area contributed by atoms with Gasteiger partial charge in [0.25, 0.3) is 0 Å². The Balaban J connectivity index is 1.81. The molecule has 1 aliphatic rings. The van der Waals surface area contributed by atoms with Crippen LogP contribution in [0.1, 0.15) is 38.0 Å². The van der Waals surface area contributed by atoms with Gasteiger partial charge in [0.05, 0.1) is 5.41 Å². The van der Waals surface area contributed by atoms with Crippen LogP contribution in [0.15, 0.2) is 28.9 Å². The zero-order chi connectivity index (χ0) is 14.7. The highest BCUT2D eigenvalue weighted by molar-refractivity contribution is 5.75. The van der Waals surface area contributed by atoms with E-state index in [0.29, 0.717) is 36.7 Å². The van der Waals surface area contributed by atoms with E-state index in [2.05, 4.69) is 15.1 Å². The van der Waals surface area contributed by atoms with Crippen LogP contribution >= 0.6 is 0 Å². The summed E-state index contributed by atoms with van der Waals surface area (Å²) in [7, 11) is 0. The number of hydrogen-bond acceptors (Lipinski definition) is 5. The van der Waals surface area contributed by atoms with Crippen LogP contribution in [0.2, 0.25) is 0 Å². The minimum atomic E-state index is -0.764. The van der Waals surface area contributed by atoms with Crippen molar-refractivity contribution in [2.45, 2.75) is 38.5 Å². The minimum Gasteiger partial charge on any atom is -0.481 e. The summed E-state index contributed by atoms with van der Waals surface area (Å²) in [5, 5.41) is 13.5. The van der Waals surface area contributed by atoms with E-state index in [0.717, 1.165) is 19.3 Å². The van der Waals surface area contributed by atoms with Crippen LogP contribution in [0.25, 0.3) is 11.5 Å². The molecular weight excluding hydrogens is 270 g/mol. The molecule has 0 radical (unpaired) electrons. The Labute approximate surface area is 122 Å². The van der Waals surface area contributed by atoms with Gasteiger partial charge in [0, 0.05) is 12.6 Å². The van der Waals surface area contributed by atoms with Crippen molar-refractivity contribution in [1.82, 2.24) is 15.1 Å². The highest BCUT2D eigenvalue weighted by Crippen LogP contribution is 2.39. The lowest BCUT2D eigenvalue weighted by atomic mass is 9.72. The molecule has 0 aromatic carbocycles. The van der Waals surface area contributed by atoms with Crippen molar-refractivity contribution in [1.29, 1.82) is 0 Å². The van der Waals surface area contributed by atoms with Gasteiger partial charge in [-0.15, -0.1) is 0 Å². The van der Waals surface area contributed by atoms with E-state index in [1.807, 2.05) is 12.1 Å². The lowest BCUT2D eigenvalue weighted by molar-refractivity contribution is -0.151. The van der Waals surface area contributed by atoms with Crippen LogP contribution in [0, 0.1) is 5.41 Å². The molecule has 0 bridgehead atoms. The van der Waals surface area contributed by atoms with Crippen LogP contribution in [-0.4, -0.2) is 26.2 Å². The Morgan fingerprint density at radius 1 is 1.29 bits per heavy atom. The molecule has 0 spiro atoms. The molecule has 1 aliphatic carbocycles. The number of nitrogens with zero attached hydrogens (tertiary/aromatic N) is 3. The fourth-order valence-electron chi connectivity index (χ4n) is 2.91. The molecule has 3 rings (SSSR count). The Hall–Kier alpha value is -2.24. The third-order valence-electron chi connectivity index (χ3n) is 4.12. The van der Waals surface area contributed by atoms with Crippen molar-refractivity contribution in [3.8, 4) is 11.5 Å². The van der Waals surface area contributed by atoms with E-state index in [1.165, 1.54) is 0 Å². The third kappa shape index (κ3) is 2.79. The number of rotatable bonds is 4. The van der Waals surface area contributed by atoms with Gasteiger partial charge >= 0.3 is 5.97 Å². The molecule has 0 atom stereocenters. The average molecular weight is 287 g/mol. The zero-order valence-corrected chi connectivity index (χ0v) is 11.7. The lowest BCUT2D eigenvalue weighted by Gasteiger charge is -2.31. The molecule has 6 nitrogen and oxygen atoms in total. The molecular formula is C15H17N3O3. The normalized spacial score (nSPS) is 17.5. The molecule has 1 saturated carbocycles. The highest BCUT2D eigenvalue weighted by atomic mass is 16.5. The summed E-state index contributed by atoms with van der Waals surface area (Å²) < 4.78 is 5.23. The van der Waals surface area contributed by atoms with Gasteiger partial charge in [-0.3, -0.25) is 9.78 Å². The van der Waals surface area contributed by atoms with E-state index in [1.54, 1.807) is 12.3 Å². The smallest absolute Gasteiger partial charge is 0.310 e. The summed E-state index contributed by atoms with van der Waals surface area (Å²) in [4.78, 5) is 20.1. The van der Waals surface area contributed by atoms with Crippen molar-refractivity contribution in [3.63, 3.8) is 0 Å². The predicted molar refractivity (Wildman–Crippen MR) is 74.4 cm³/mol. The fraction of sp³-hybridized carbons (Fsp3) is 0.467. The molecule has 2 aromatic heterocycles. The number of carboxylic acids is 1. The Kier molecular flexibility index (Phi) is 3.68. The number of aliphatic carboxylic acids is 1. The minimum absolute atomic E-state index is 0.294. The van der Waals surface area contributed by atoms with Crippen molar-refractivity contribution in [2.75, 3.05) is 0 Å². The number of carbonyl (C=O) groups is 1. The van der Waals surface area contributed by atoms with Gasteiger partial charge in [-0.05, 0) is 25.0 Å². The maximum Gasteiger partial charge on any atom is 0.310 e. The maximum absolute atomic E-state index is 11.7. The second-order valence-electron chi connectivity index (χ2n) is 5.55. The molecule has 0 unspecified atom stereocenters.